The summed E-state index contributed by atoms with van der Waals surface area (Å²) >= 11 is 0. The Bertz CT molecular complexity index is 628. The summed E-state index contributed by atoms with van der Waals surface area (Å²) in [5.74, 6) is 0.497. The number of nitrogens with one attached hydrogen (secondary N) is 2. The van der Waals surface area contributed by atoms with E-state index in [0.29, 0.717) is 11.5 Å². The summed E-state index contributed by atoms with van der Waals surface area (Å²) in [6.07, 6.45) is 5.93. The first kappa shape index (κ1) is 12.9. The van der Waals surface area contributed by atoms with Gasteiger partial charge in [-0.1, -0.05) is 0 Å². The van der Waals surface area contributed by atoms with Crippen molar-refractivity contribution < 1.29 is 4.79 Å². The molecule has 1 aliphatic carbocycles. The van der Waals surface area contributed by atoms with Crippen LogP contribution in [-0.4, -0.2) is 15.9 Å². The SMILES string of the molecule is Cc1ccnc([C@@H](NC(=O)c2cc[nH]c2C)C2CC2)c1. The molecule has 1 amide bonds. The number of hydrogen-bond donors (Lipinski definition) is 2. The number of aromatic nitrogens is 2. The lowest BCUT2D eigenvalue weighted by Crippen LogP contribution is -2.30. The van der Waals surface area contributed by atoms with E-state index in [2.05, 4.69) is 21.4 Å². The van der Waals surface area contributed by atoms with E-state index in [-0.39, 0.29) is 11.9 Å². The number of hydrogen-bond acceptors (Lipinski definition) is 2. The lowest BCUT2D eigenvalue weighted by Gasteiger charge is -2.18. The maximum absolute atomic E-state index is 12.4. The number of carbonyl (C=O) groups is 1. The zero-order valence-corrected chi connectivity index (χ0v) is 11.8. The molecule has 2 N–H and O–H groups in total. The van der Waals surface area contributed by atoms with Crippen LogP contribution in [0.5, 0.6) is 0 Å². The van der Waals surface area contributed by atoms with Crippen molar-refractivity contribution >= 4 is 5.91 Å². The summed E-state index contributed by atoms with van der Waals surface area (Å²) in [6.45, 7) is 3.96. The van der Waals surface area contributed by atoms with Crippen molar-refractivity contribution in [2.75, 3.05) is 0 Å². The van der Waals surface area contributed by atoms with Gasteiger partial charge in [-0.3, -0.25) is 9.78 Å². The highest BCUT2D eigenvalue weighted by Gasteiger charge is 2.34. The topological polar surface area (TPSA) is 57.8 Å². The van der Waals surface area contributed by atoms with Crippen molar-refractivity contribution in [3.05, 3.63) is 53.1 Å². The Morgan fingerprint density at radius 1 is 1.40 bits per heavy atom. The van der Waals surface area contributed by atoms with Gasteiger partial charge < -0.3 is 10.3 Å². The van der Waals surface area contributed by atoms with Gasteiger partial charge in [0.1, 0.15) is 0 Å². The minimum atomic E-state index is -0.0241. The summed E-state index contributed by atoms with van der Waals surface area (Å²) in [6, 6.07) is 5.88. The van der Waals surface area contributed by atoms with E-state index in [1.165, 1.54) is 5.56 Å². The molecular weight excluding hydrogens is 250 g/mol. The van der Waals surface area contributed by atoms with Gasteiger partial charge in [-0.25, -0.2) is 0 Å². The molecular formula is C16H19N3O. The van der Waals surface area contributed by atoms with Crippen LogP contribution in [0, 0.1) is 19.8 Å². The normalized spacial score (nSPS) is 15.9. The lowest BCUT2D eigenvalue weighted by molar-refractivity contribution is 0.0930. The second kappa shape index (κ2) is 5.12. The van der Waals surface area contributed by atoms with Gasteiger partial charge in [-0.2, -0.15) is 0 Å². The zero-order valence-electron chi connectivity index (χ0n) is 11.8. The average Bonchev–Trinajstić information content (AvgIpc) is 3.17. The highest BCUT2D eigenvalue weighted by atomic mass is 16.1. The monoisotopic (exact) mass is 269 g/mol. The molecule has 1 atom stereocenters. The third kappa shape index (κ3) is 2.59. The molecule has 0 bridgehead atoms. The predicted octanol–water partition coefficient (Wildman–Crippen LogP) is 2.91. The molecule has 2 heterocycles. The van der Waals surface area contributed by atoms with Gasteiger partial charge in [0.2, 0.25) is 0 Å². The molecule has 3 rings (SSSR count). The van der Waals surface area contributed by atoms with E-state index in [4.69, 9.17) is 0 Å². The minimum absolute atomic E-state index is 0.0241. The number of carbonyl (C=O) groups excluding carboxylic acids is 1. The molecule has 0 aromatic carbocycles. The maximum atomic E-state index is 12.4. The van der Waals surface area contributed by atoms with Gasteiger partial charge in [0.25, 0.3) is 5.91 Å². The molecule has 104 valence electrons. The van der Waals surface area contributed by atoms with Crippen LogP contribution in [0.1, 0.15) is 46.2 Å². The highest BCUT2D eigenvalue weighted by molar-refractivity contribution is 5.95. The number of amides is 1. The van der Waals surface area contributed by atoms with E-state index < -0.39 is 0 Å². The molecule has 20 heavy (non-hydrogen) atoms. The molecule has 4 nitrogen and oxygen atoms in total. The third-order valence-electron chi connectivity index (χ3n) is 3.83. The summed E-state index contributed by atoms with van der Waals surface area (Å²) in [4.78, 5) is 19.8. The van der Waals surface area contributed by atoms with Crippen LogP contribution in [-0.2, 0) is 0 Å². The summed E-state index contributed by atoms with van der Waals surface area (Å²) in [7, 11) is 0. The molecule has 0 saturated heterocycles. The Labute approximate surface area is 118 Å². The average molecular weight is 269 g/mol. The van der Waals surface area contributed by atoms with Crippen molar-refractivity contribution in [3.8, 4) is 0 Å². The zero-order chi connectivity index (χ0) is 14.1. The van der Waals surface area contributed by atoms with Gasteiger partial charge in [0.15, 0.2) is 0 Å². The molecule has 1 fully saturated rings. The molecule has 0 aliphatic heterocycles. The number of aryl methyl sites for hydroxylation is 2. The standard InChI is InChI=1S/C16H19N3O/c1-10-5-7-18-14(9-10)15(12-3-4-12)19-16(20)13-6-8-17-11(13)2/h5-9,12,15,17H,3-4H2,1-2H3,(H,19,20)/t15-/m0/s1. The Morgan fingerprint density at radius 3 is 2.80 bits per heavy atom. The van der Waals surface area contributed by atoms with Gasteiger partial charge in [0, 0.05) is 18.1 Å². The van der Waals surface area contributed by atoms with Gasteiger partial charge in [0.05, 0.1) is 17.3 Å². The number of H-pyrrole nitrogens is 1. The first-order valence-corrected chi connectivity index (χ1v) is 7.02. The van der Waals surface area contributed by atoms with Gasteiger partial charge >= 0.3 is 0 Å². The fourth-order valence-electron chi connectivity index (χ4n) is 2.51. The van der Waals surface area contributed by atoms with E-state index in [1.807, 2.05) is 32.2 Å². The molecule has 2 aromatic rings. The Hall–Kier alpha value is -2.10. The van der Waals surface area contributed by atoms with Gasteiger partial charge in [-0.15, -0.1) is 0 Å². The number of aromatic amines is 1. The summed E-state index contributed by atoms with van der Waals surface area (Å²) in [5.41, 5.74) is 3.75. The van der Waals surface area contributed by atoms with Crippen molar-refractivity contribution in [1.29, 1.82) is 0 Å². The smallest absolute Gasteiger partial charge is 0.253 e. The molecule has 0 spiro atoms. The van der Waals surface area contributed by atoms with Crippen molar-refractivity contribution in [2.45, 2.75) is 32.7 Å². The minimum Gasteiger partial charge on any atom is -0.365 e. The predicted molar refractivity (Wildman–Crippen MR) is 77.4 cm³/mol. The van der Waals surface area contributed by atoms with E-state index in [1.54, 1.807) is 6.20 Å². The molecule has 0 radical (unpaired) electrons. The third-order valence-corrected chi connectivity index (χ3v) is 3.83. The molecule has 1 aliphatic rings. The number of pyridine rings is 1. The largest absolute Gasteiger partial charge is 0.365 e. The van der Waals surface area contributed by atoms with Gasteiger partial charge in [-0.05, 0) is 56.4 Å². The quantitative estimate of drug-likeness (QED) is 0.896. The second-order valence-electron chi connectivity index (χ2n) is 5.56. The summed E-state index contributed by atoms with van der Waals surface area (Å²) in [5, 5.41) is 3.14. The number of nitrogens with zero attached hydrogens (tertiary/aromatic N) is 1. The fourth-order valence-corrected chi connectivity index (χ4v) is 2.51. The van der Waals surface area contributed by atoms with Crippen LogP contribution in [0.25, 0.3) is 0 Å². The van der Waals surface area contributed by atoms with E-state index >= 15 is 0 Å². The van der Waals surface area contributed by atoms with Crippen LogP contribution in [0.2, 0.25) is 0 Å². The molecule has 2 aromatic heterocycles. The highest BCUT2D eigenvalue weighted by Crippen LogP contribution is 2.40. The first-order valence-electron chi connectivity index (χ1n) is 7.02. The molecule has 4 heteroatoms. The molecule has 1 saturated carbocycles. The Balaban J connectivity index is 1.82. The second-order valence-corrected chi connectivity index (χ2v) is 5.56. The van der Waals surface area contributed by atoms with Crippen molar-refractivity contribution in [3.63, 3.8) is 0 Å². The Kier molecular flexibility index (Phi) is 3.30. The Morgan fingerprint density at radius 2 is 2.20 bits per heavy atom. The molecule has 0 unspecified atom stereocenters. The maximum Gasteiger partial charge on any atom is 0.253 e. The first-order chi connectivity index (χ1) is 9.65. The van der Waals surface area contributed by atoms with Crippen molar-refractivity contribution in [2.24, 2.45) is 5.92 Å². The van der Waals surface area contributed by atoms with Crippen LogP contribution in [0.3, 0.4) is 0 Å². The van der Waals surface area contributed by atoms with E-state index in [9.17, 15) is 4.79 Å². The van der Waals surface area contributed by atoms with Crippen LogP contribution >= 0.6 is 0 Å². The lowest BCUT2D eigenvalue weighted by atomic mass is 10.1. The fraction of sp³-hybridized carbons (Fsp3) is 0.375. The van der Waals surface area contributed by atoms with Crippen LogP contribution in [0.15, 0.2) is 30.6 Å². The van der Waals surface area contributed by atoms with Crippen LogP contribution < -0.4 is 5.32 Å². The van der Waals surface area contributed by atoms with Crippen molar-refractivity contribution in [1.82, 2.24) is 15.3 Å². The van der Waals surface area contributed by atoms with E-state index in [0.717, 1.165) is 24.2 Å². The van der Waals surface area contributed by atoms with Crippen LogP contribution in [0.4, 0.5) is 0 Å². The summed E-state index contributed by atoms with van der Waals surface area (Å²) < 4.78 is 0. The number of rotatable bonds is 4.